The van der Waals surface area contributed by atoms with Gasteiger partial charge in [0.25, 0.3) is 0 Å². The maximum absolute atomic E-state index is 11.7. The number of alkyl carbamates (subject to hydrolysis) is 1. The lowest BCUT2D eigenvalue weighted by molar-refractivity contribution is 0.0192. The number of nitrogens with one attached hydrogen (secondary N) is 2. The Balaban J connectivity index is 1.58. The lowest BCUT2D eigenvalue weighted by atomic mass is 10.1. The molecule has 0 radical (unpaired) electrons. The van der Waals surface area contributed by atoms with E-state index < -0.39 is 18.3 Å². The molecule has 4 N–H and O–H groups in total. The first-order chi connectivity index (χ1) is 13.0. The van der Waals surface area contributed by atoms with Gasteiger partial charge in [0.05, 0.1) is 5.39 Å². The molecule has 2 heterocycles. The molecular formula is C17H16Cl2N4O4. The normalized spacial score (nSPS) is 13.3. The molecule has 2 atom stereocenters. The summed E-state index contributed by atoms with van der Waals surface area (Å²) in [5, 5.41) is 23.3. The number of amides is 1. The van der Waals surface area contributed by atoms with Crippen molar-refractivity contribution in [2.24, 2.45) is 0 Å². The first kappa shape index (κ1) is 19.4. The van der Waals surface area contributed by atoms with E-state index in [0.717, 1.165) is 5.56 Å². The Morgan fingerprint density at radius 1 is 1.22 bits per heavy atom. The number of hydrogen-bond donors (Lipinski definition) is 4. The molecule has 0 aliphatic rings. The Morgan fingerprint density at radius 3 is 2.70 bits per heavy atom. The van der Waals surface area contributed by atoms with Gasteiger partial charge in [-0.15, -0.1) is 0 Å². The van der Waals surface area contributed by atoms with E-state index in [1.165, 1.54) is 6.20 Å². The molecular weight excluding hydrogens is 395 g/mol. The summed E-state index contributed by atoms with van der Waals surface area (Å²) in [5.74, 6) is 0. The number of aliphatic hydroxyl groups is 2. The van der Waals surface area contributed by atoms with Gasteiger partial charge in [-0.05, 0) is 17.2 Å². The molecule has 142 valence electrons. The van der Waals surface area contributed by atoms with Gasteiger partial charge in [0.15, 0.2) is 0 Å². The molecule has 0 fully saturated rings. The molecule has 10 heteroatoms. The Kier molecular flexibility index (Phi) is 6.12. The van der Waals surface area contributed by atoms with Gasteiger partial charge in [-0.2, -0.15) is 4.98 Å². The summed E-state index contributed by atoms with van der Waals surface area (Å²) < 4.78 is 5.05. The highest BCUT2D eigenvalue weighted by molar-refractivity contribution is 6.35. The van der Waals surface area contributed by atoms with Crippen LogP contribution in [0.3, 0.4) is 0 Å². The fourth-order valence-corrected chi connectivity index (χ4v) is 2.99. The first-order valence-electron chi connectivity index (χ1n) is 7.96. The minimum atomic E-state index is -1.34. The van der Waals surface area contributed by atoms with E-state index in [1.54, 1.807) is 0 Å². The van der Waals surface area contributed by atoms with Crippen molar-refractivity contribution in [2.75, 3.05) is 6.54 Å². The zero-order chi connectivity index (χ0) is 19.4. The number of fused-ring (bicyclic) bond motifs is 1. The Bertz CT molecular complexity index is 935. The van der Waals surface area contributed by atoms with Crippen molar-refractivity contribution in [3.05, 3.63) is 58.1 Å². The number of aliphatic hydroxyl groups excluding tert-OH is 2. The van der Waals surface area contributed by atoms with Crippen molar-refractivity contribution >= 4 is 40.3 Å². The molecule has 0 spiro atoms. The number of nitrogens with zero attached hydrogens (tertiary/aromatic N) is 2. The number of hydrogen-bond acceptors (Lipinski definition) is 6. The lowest BCUT2D eigenvalue weighted by Crippen LogP contribution is -2.35. The fourth-order valence-electron chi connectivity index (χ4n) is 2.50. The molecule has 2 aromatic heterocycles. The molecule has 2 unspecified atom stereocenters. The van der Waals surface area contributed by atoms with Gasteiger partial charge < -0.3 is 25.3 Å². The number of H-pyrrole nitrogens is 1. The molecule has 0 bridgehead atoms. The third-order valence-electron chi connectivity index (χ3n) is 3.84. The second-order valence-electron chi connectivity index (χ2n) is 5.71. The minimum absolute atomic E-state index is 0.0428. The number of aromatic nitrogens is 3. The zero-order valence-corrected chi connectivity index (χ0v) is 15.4. The largest absolute Gasteiger partial charge is 0.445 e. The van der Waals surface area contributed by atoms with Gasteiger partial charge in [-0.3, -0.25) is 0 Å². The maximum atomic E-state index is 11.7. The summed E-state index contributed by atoms with van der Waals surface area (Å²) in [6.45, 7) is -0.130. The average molecular weight is 411 g/mol. The fraction of sp³-hybridized carbons (Fsp3) is 0.235. The summed E-state index contributed by atoms with van der Waals surface area (Å²) in [5.41, 5.74) is 1.45. The van der Waals surface area contributed by atoms with Crippen LogP contribution in [0.25, 0.3) is 11.0 Å². The van der Waals surface area contributed by atoms with Gasteiger partial charge >= 0.3 is 6.09 Å². The number of rotatable bonds is 6. The second kappa shape index (κ2) is 8.53. The van der Waals surface area contributed by atoms with Gasteiger partial charge in [0.2, 0.25) is 5.28 Å². The molecule has 0 aliphatic heterocycles. The van der Waals surface area contributed by atoms with E-state index in [-0.39, 0.29) is 23.6 Å². The number of halogens is 2. The molecule has 8 nitrogen and oxygen atoms in total. The van der Waals surface area contributed by atoms with Crippen LogP contribution in [0, 0.1) is 0 Å². The van der Waals surface area contributed by atoms with E-state index in [1.807, 2.05) is 30.3 Å². The van der Waals surface area contributed by atoms with E-state index in [9.17, 15) is 15.0 Å². The van der Waals surface area contributed by atoms with Gasteiger partial charge in [0, 0.05) is 18.3 Å². The summed E-state index contributed by atoms with van der Waals surface area (Å²) in [6, 6.07) is 9.17. The van der Waals surface area contributed by atoms with Crippen LogP contribution in [-0.4, -0.2) is 43.9 Å². The van der Waals surface area contributed by atoms with Crippen molar-refractivity contribution in [1.82, 2.24) is 20.3 Å². The SMILES string of the molecule is O=C(NCC(O)C(O)c1c[nH]c2nc(Cl)nc(Cl)c12)OCc1ccccc1. The van der Waals surface area contributed by atoms with Crippen LogP contribution >= 0.6 is 23.2 Å². The maximum Gasteiger partial charge on any atom is 0.407 e. The van der Waals surface area contributed by atoms with Gasteiger partial charge in [-0.25, -0.2) is 9.78 Å². The monoisotopic (exact) mass is 410 g/mol. The highest BCUT2D eigenvalue weighted by Crippen LogP contribution is 2.30. The van der Waals surface area contributed by atoms with Crippen LogP contribution in [0.15, 0.2) is 36.5 Å². The number of carbonyl (C=O) groups excluding carboxylic acids is 1. The van der Waals surface area contributed by atoms with Crippen LogP contribution in [0.4, 0.5) is 4.79 Å². The third kappa shape index (κ3) is 4.67. The minimum Gasteiger partial charge on any atom is -0.445 e. The highest BCUT2D eigenvalue weighted by atomic mass is 35.5. The summed E-state index contributed by atoms with van der Waals surface area (Å²) in [4.78, 5) is 22.3. The first-order valence-corrected chi connectivity index (χ1v) is 8.72. The quantitative estimate of drug-likeness (QED) is 0.366. The smallest absolute Gasteiger partial charge is 0.407 e. The molecule has 1 amide bonds. The van der Waals surface area contributed by atoms with Crippen molar-refractivity contribution in [3.63, 3.8) is 0 Å². The average Bonchev–Trinajstić information content (AvgIpc) is 3.08. The second-order valence-corrected chi connectivity index (χ2v) is 6.40. The van der Waals surface area contributed by atoms with E-state index in [4.69, 9.17) is 27.9 Å². The summed E-state index contributed by atoms with van der Waals surface area (Å²) in [7, 11) is 0. The van der Waals surface area contributed by atoms with Crippen molar-refractivity contribution in [2.45, 2.75) is 18.8 Å². The molecule has 0 saturated heterocycles. The summed E-state index contributed by atoms with van der Waals surface area (Å²) in [6.07, 6.45) is -1.91. The topological polar surface area (TPSA) is 120 Å². The molecule has 0 aliphatic carbocycles. The van der Waals surface area contributed by atoms with Gasteiger partial charge in [-0.1, -0.05) is 41.9 Å². The van der Waals surface area contributed by atoms with Crippen molar-refractivity contribution < 1.29 is 19.7 Å². The lowest BCUT2D eigenvalue weighted by Gasteiger charge is -2.18. The standard InChI is InChI=1S/C17H16Cl2N4O4/c18-14-12-10(6-20-15(12)23-16(19)22-14)13(25)11(24)7-21-17(26)27-8-9-4-2-1-3-5-9/h1-6,11,13,24-25H,7-8H2,(H,21,26)(H,20,22,23). The Labute approximate surface area is 164 Å². The molecule has 0 saturated carbocycles. The Hall–Kier alpha value is -2.39. The Morgan fingerprint density at radius 2 is 1.96 bits per heavy atom. The van der Waals surface area contributed by atoms with E-state index >= 15 is 0 Å². The van der Waals surface area contributed by atoms with E-state index in [2.05, 4.69) is 20.3 Å². The van der Waals surface area contributed by atoms with E-state index in [0.29, 0.717) is 16.6 Å². The molecule has 27 heavy (non-hydrogen) atoms. The van der Waals surface area contributed by atoms with Crippen LogP contribution in [0.5, 0.6) is 0 Å². The highest BCUT2D eigenvalue weighted by Gasteiger charge is 2.24. The number of benzene rings is 1. The third-order valence-corrected chi connectivity index (χ3v) is 4.28. The van der Waals surface area contributed by atoms with Crippen LogP contribution in [0.2, 0.25) is 10.4 Å². The number of carbonyl (C=O) groups is 1. The zero-order valence-electron chi connectivity index (χ0n) is 13.9. The predicted octanol–water partition coefficient (Wildman–Crippen LogP) is 2.59. The van der Waals surface area contributed by atoms with Crippen molar-refractivity contribution in [3.8, 4) is 0 Å². The number of ether oxygens (including phenoxy) is 1. The van der Waals surface area contributed by atoms with Gasteiger partial charge in [0.1, 0.15) is 29.6 Å². The van der Waals surface area contributed by atoms with Crippen LogP contribution in [0.1, 0.15) is 17.2 Å². The molecule has 1 aromatic carbocycles. The van der Waals surface area contributed by atoms with Crippen LogP contribution < -0.4 is 5.32 Å². The molecule has 3 rings (SSSR count). The van der Waals surface area contributed by atoms with Crippen molar-refractivity contribution in [1.29, 1.82) is 0 Å². The summed E-state index contributed by atoms with van der Waals surface area (Å²) >= 11 is 11.8. The molecule has 3 aromatic rings. The van der Waals surface area contributed by atoms with Crippen LogP contribution in [-0.2, 0) is 11.3 Å². The number of aromatic amines is 1. The predicted molar refractivity (Wildman–Crippen MR) is 99.5 cm³/mol.